The Morgan fingerprint density at radius 3 is 2.50 bits per heavy atom. The summed E-state index contributed by atoms with van der Waals surface area (Å²) < 4.78 is 43.2. The molecule has 1 atom stereocenters. The van der Waals surface area contributed by atoms with Crippen LogP contribution in [0.15, 0.2) is 0 Å². The number of carbonyl (C=O) groups is 2. The van der Waals surface area contributed by atoms with Gasteiger partial charge in [-0.15, -0.1) is 0 Å². The first kappa shape index (κ1) is 17.4. The maximum atomic E-state index is 11.7. The summed E-state index contributed by atoms with van der Waals surface area (Å²) in [5, 5.41) is 2.39. The van der Waals surface area contributed by atoms with Gasteiger partial charge in [0.2, 0.25) is 5.91 Å². The Morgan fingerprint density at radius 1 is 1.39 bits per heavy atom. The van der Waals surface area contributed by atoms with Gasteiger partial charge in [0.05, 0.1) is 13.7 Å². The summed E-state index contributed by atoms with van der Waals surface area (Å²) in [5.74, 6) is -0.966. The van der Waals surface area contributed by atoms with Crippen molar-refractivity contribution in [2.24, 2.45) is 0 Å². The van der Waals surface area contributed by atoms with Crippen molar-refractivity contribution in [2.75, 3.05) is 26.9 Å². The van der Waals surface area contributed by atoms with Gasteiger partial charge in [0, 0.05) is 13.0 Å². The molecule has 0 saturated carbocycles. The average molecular weight is 383 g/mol. The van der Waals surface area contributed by atoms with E-state index in [1.807, 2.05) is 0 Å². The van der Waals surface area contributed by atoms with Gasteiger partial charge in [-0.25, -0.2) is 0 Å². The molecule has 0 aromatic carbocycles. The minimum Gasteiger partial charge on any atom is -0.468 e. The molecule has 0 spiro atoms. The molecule has 1 unspecified atom stereocenters. The predicted molar refractivity (Wildman–Crippen MR) is 64.3 cm³/mol. The van der Waals surface area contributed by atoms with Crippen LogP contribution in [0.2, 0.25) is 0 Å². The highest BCUT2D eigenvalue weighted by Crippen LogP contribution is 2.14. The van der Waals surface area contributed by atoms with E-state index in [2.05, 4.69) is 14.8 Å². The number of alkyl halides is 4. The molecule has 0 aromatic rings. The van der Waals surface area contributed by atoms with Crippen LogP contribution in [0, 0.1) is 0 Å². The Kier molecular flexibility index (Phi) is 8.24. The molecular formula is C9H13F3INO4. The summed E-state index contributed by atoms with van der Waals surface area (Å²) in [4.78, 5) is 22.1. The molecule has 0 aliphatic rings. The number of rotatable bonds is 7. The smallest absolute Gasteiger partial charge is 0.411 e. The minimum atomic E-state index is -4.39. The van der Waals surface area contributed by atoms with E-state index in [-0.39, 0.29) is 19.6 Å². The summed E-state index contributed by atoms with van der Waals surface area (Å²) in [6.45, 7) is -1.64. The minimum absolute atomic E-state index is 0.0609. The van der Waals surface area contributed by atoms with Crippen LogP contribution in [0.1, 0.15) is 6.42 Å². The number of methoxy groups -OCH3 is 1. The van der Waals surface area contributed by atoms with Crippen LogP contribution >= 0.6 is 22.6 Å². The van der Waals surface area contributed by atoms with Gasteiger partial charge in [0.15, 0.2) is 0 Å². The largest absolute Gasteiger partial charge is 0.468 e. The summed E-state index contributed by atoms with van der Waals surface area (Å²) in [6, 6.07) is 0. The third-order valence-electron chi connectivity index (χ3n) is 1.67. The summed E-state index contributed by atoms with van der Waals surface area (Å²) in [7, 11) is 1.22. The second kappa shape index (κ2) is 8.51. The highest BCUT2D eigenvalue weighted by molar-refractivity contribution is 14.1. The van der Waals surface area contributed by atoms with Crippen molar-refractivity contribution in [3.8, 4) is 0 Å². The van der Waals surface area contributed by atoms with Crippen LogP contribution in [-0.2, 0) is 19.1 Å². The second-order valence-corrected chi connectivity index (χ2v) is 4.72. The van der Waals surface area contributed by atoms with Crippen molar-refractivity contribution < 1.29 is 32.2 Å². The Hall–Kier alpha value is -0.580. The molecule has 18 heavy (non-hydrogen) atoms. The maximum absolute atomic E-state index is 11.7. The van der Waals surface area contributed by atoms with E-state index in [1.165, 1.54) is 7.11 Å². The number of hydrogen-bond acceptors (Lipinski definition) is 4. The summed E-state index contributed by atoms with van der Waals surface area (Å²) >= 11 is 1.79. The Labute approximate surface area is 116 Å². The first-order valence-electron chi connectivity index (χ1n) is 4.89. The number of carbonyl (C=O) groups excluding carboxylic acids is 2. The molecule has 1 N–H and O–H groups in total. The molecule has 1 amide bonds. The lowest BCUT2D eigenvalue weighted by Gasteiger charge is -2.10. The molecule has 0 saturated heterocycles. The first-order chi connectivity index (χ1) is 8.26. The topological polar surface area (TPSA) is 64.6 Å². The third kappa shape index (κ3) is 9.45. The highest BCUT2D eigenvalue weighted by atomic mass is 127. The van der Waals surface area contributed by atoms with Crippen LogP contribution in [0.5, 0.6) is 0 Å². The molecule has 9 heteroatoms. The maximum Gasteiger partial charge on any atom is 0.411 e. The lowest BCUT2D eigenvalue weighted by Crippen LogP contribution is -2.34. The zero-order valence-corrected chi connectivity index (χ0v) is 11.7. The van der Waals surface area contributed by atoms with E-state index < -0.39 is 28.6 Å². The predicted octanol–water partition coefficient (Wildman–Crippen LogP) is 1.05. The molecule has 0 fully saturated rings. The molecule has 0 aromatic heterocycles. The average Bonchev–Trinajstić information content (AvgIpc) is 2.29. The molecule has 5 nitrogen and oxygen atoms in total. The van der Waals surface area contributed by atoms with E-state index in [9.17, 15) is 22.8 Å². The monoisotopic (exact) mass is 383 g/mol. The van der Waals surface area contributed by atoms with Crippen molar-refractivity contribution in [1.82, 2.24) is 5.32 Å². The number of halogens is 4. The van der Waals surface area contributed by atoms with Crippen molar-refractivity contribution >= 4 is 34.5 Å². The van der Waals surface area contributed by atoms with Crippen LogP contribution in [0.25, 0.3) is 0 Å². The zero-order valence-electron chi connectivity index (χ0n) is 9.55. The van der Waals surface area contributed by atoms with Gasteiger partial charge in [0.25, 0.3) is 0 Å². The van der Waals surface area contributed by atoms with Gasteiger partial charge in [-0.3, -0.25) is 9.59 Å². The molecule has 0 bridgehead atoms. The van der Waals surface area contributed by atoms with Crippen LogP contribution in [-0.4, -0.2) is 48.8 Å². The SMILES string of the molecule is COC(=O)C(I)CNC(=O)CCOCC(F)(F)F. The van der Waals surface area contributed by atoms with Gasteiger partial charge in [-0.2, -0.15) is 13.2 Å². The van der Waals surface area contributed by atoms with Crippen molar-refractivity contribution in [3.63, 3.8) is 0 Å². The van der Waals surface area contributed by atoms with Crippen LogP contribution in [0.4, 0.5) is 13.2 Å². The van der Waals surface area contributed by atoms with E-state index >= 15 is 0 Å². The summed E-state index contributed by atoms with van der Waals surface area (Å²) in [6.07, 6.45) is -4.59. The Balaban J connectivity index is 3.64. The highest BCUT2D eigenvalue weighted by Gasteiger charge is 2.27. The molecule has 0 radical (unpaired) electrons. The van der Waals surface area contributed by atoms with E-state index in [4.69, 9.17) is 0 Å². The fraction of sp³-hybridized carbons (Fsp3) is 0.778. The molecule has 106 valence electrons. The van der Waals surface area contributed by atoms with Gasteiger partial charge in [0.1, 0.15) is 10.5 Å². The van der Waals surface area contributed by atoms with E-state index in [1.54, 1.807) is 22.6 Å². The quantitative estimate of drug-likeness (QED) is 0.309. The summed E-state index contributed by atoms with van der Waals surface area (Å²) in [5.41, 5.74) is 0. The normalized spacial score (nSPS) is 12.9. The van der Waals surface area contributed by atoms with Crippen molar-refractivity contribution in [1.29, 1.82) is 0 Å². The fourth-order valence-electron chi connectivity index (χ4n) is 0.856. The van der Waals surface area contributed by atoms with Crippen LogP contribution in [0.3, 0.4) is 0 Å². The first-order valence-corrected chi connectivity index (χ1v) is 6.14. The van der Waals surface area contributed by atoms with Crippen molar-refractivity contribution in [2.45, 2.75) is 16.5 Å². The van der Waals surface area contributed by atoms with Gasteiger partial charge in [-0.05, 0) is 0 Å². The number of hydrogen-bond donors (Lipinski definition) is 1. The lowest BCUT2D eigenvalue weighted by atomic mass is 10.4. The zero-order chi connectivity index (χ0) is 14.2. The van der Waals surface area contributed by atoms with Gasteiger partial charge < -0.3 is 14.8 Å². The fourth-order valence-corrected chi connectivity index (χ4v) is 1.33. The Bertz CT molecular complexity index is 285. The number of nitrogens with one attached hydrogen (secondary N) is 1. The Morgan fingerprint density at radius 2 is 2.00 bits per heavy atom. The van der Waals surface area contributed by atoms with Gasteiger partial charge in [-0.1, -0.05) is 22.6 Å². The molecule has 0 aliphatic heterocycles. The van der Waals surface area contributed by atoms with Crippen molar-refractivity contribution in [3.05, 3.63) is 0 Å². The van der Waals surface area contributed by atoms with Gasteiger partial charge >= 0.3 is 12.1 Å². The van der Waals surface area contributed by atoms with E-state index in [0.29, 0.717) is 0 Å². The molecular weight excluding hydrogens is 370 g/mol. The standard InChI is InChI=1S/C9H13F3INO4/c1-17-8(16)6(13)4-14-7(15)2-3-18-5-9(10,11)12/h6H,2-5H2,1H3,(H,14,15). The molecule has 0 aliphatic carbocycles. The number of amides is 1. The number of esters is 1. The lowest BCUT2D eigenvalue weighted by molar-refractivity contribution is -0.174. The second-order valence-electron chi connectivity index (χ2n) is 3.21. The molecule has 0 rings (SSSR count). The molecule has 0 heterocycles. The third-order valence-corrected chi connectivity index (χ3v) is 2.62. The van der Waals surface area contributed by atoms with E-state index in [0.717, 1.165) is 0 Å². The number of ether oxygens (including phenoxy) is 2. The van der Waals surface area contributed by atoms with Crippen LogP contribution < -0.4 is 5.32 Å².